The highest BCUT2D eigenvalue weighted by Crippen LogP contribution is 2.16. The van der Waals surface area contributed by atoms with E-state index in [-0.39, 0.29) is 5.94 Å². The molecule has 1 unspecified atom stereocenters. The predicted molar refractivity (Wildman–Crippen MR) is 33.4 cm³/mol. The molecule has 0 aliphatic heterocycles. The number of rotatable bonds is 4. The molecule has 0 bridgehead atoms. The van der Waals surface area contributed by atoms with Gasteiger partial charge in [-0.15, -0.1) is 16.3 Å². The van der Waals surface area contributed by atoms with Gasteiger partial charge in [0.2, 0.25) is 0 Å². The Labute approximate surface area is 56.2 Å². The zero-order chi connectivity index (χ0) is 6.41. The maximum Gasteiger partial charge on any atom is 0.395 e. The fourth-order valence-electron chi connectivity index (χ4n) is 0.0881. The van der Waals surface area contributed by atoms with Crippen molar-refractivity contribution in [3.8, 4) is 0 Å². The molecule has 0 aromatic rings. The third kappa shape index (κ3) is 6.68. The standard InChI is InChI=1S/CH4O4PS2/c2-6(3)5-4-1-8-7/h7H,1H2,(H,2,3). The average molecular weight is 175 g/mol. The minimum Gasteiger partial charge on any atom is -0.297 e. The summed E-state index contributed by atoms with van der Waals surface area (Å²) >= 11 is 3.66. The van der Waals surface area contributed by atoms with E-state index in [9.17, 15) is 4.57 Å². The monoisotopic (exact) mass is 175 g/mol. The van der Waals surface area contributed by atoms with Crippen molar-refractivity contribution in [2.75, 3.05) is 5.94 Å². The molecule has 0 amide bonds. The number of hydrogen-bond donors (Lipinski definition) is 2. The Morgan fingerprint density at radius 2 is 2.50 bits per heavy atom. The Morgan fingerprint density at radius 1 is 1.88 bits per heavy atom. The Kier molecular flexibility index (Phi) is 6.30. The molecular formula is CH4O4PS2. The average Bonchev–Trinajstić information content (AvgIpc) is 1.66. The maximum atomic E-state index is 9.64. The van der Waals surface area contributed by atoms with Crippen LogP contribution in [0.4, 0.5) is 0 Å². The molecule has 0 saturated carbocycles. The largest absolute Gasteiger partial charge is 0.395 e. The van der Waals surface area contributed by atoms with Gasteiger partial charge in [-0.05, 0) is 0 Å². The number of hydrogen-bond acceptors (Lipinski definition) is 5. The van der Waals surface area contributed by atoms with Crippen molar-refractivity contribution in [2.24, 2.45) is 0 Å². The third-order valence-corrected chi connectivity index (χ3v) is 0.968. The molecule has 1 atom stereocenters. The van der Waals surface area contributed by atoms with Gasteiger partial charge >= 0.3 is 8.25 Å². The molecule has 49 valence electrons. The van der Waals surface area contributed by atoms with Crippen LogP contribution >= 0.6 is 30.7 Å². The summed E-state index contributed by atoms with van der Waals surface area (Å²) in [4.78, 5) is 12.0. The van der Waals surface area contributed by atoms with Crippen LogP contribution < -0.4 is 0 Å². The predicted octanol–water partition coefficient (Wildman–Crippen LogP) is 1.12. The van der Waals surface area contributed by atoms with Gasteiger partial charge in [0.25, 0.3) is 0 Å². The van der Waals surface area contributed by atoms with Crippen molar-refractivity contribution in [1.82, 2.24) is 0 Å². The van der Waals surface area contributed by atoms with E-state index in [0.717, 1.165) is 10.8 Å². The zero-order valence-corrected chi connectivity index (χ0v) is 6.29. The first-order valence-corrected chi connectivity index (χ1v) is 4.66. The third-order valence-electron chi connectivity index (χ3n) is 0.217. The second-order valence-electron chi connectivity index (χ2n) is 0.677. The molecule has 7 heteroatoms. The summed E-state index contributed by atoms with van der Waals surface area (Å²) in [7, 11) is -1.58. The van der Waals surface area contributed by atoms with Crippen LogP contribution in [0.5, 0.6) is 0 Å². The highest BCUT2D eigenvalue weighted by atomic mass is 33.1. The maximum absolute atomic E-state index is 9.64. The first kappa shape index (κ1) is 8.68. The van der Waals surface area contributed by atoms with E-state index in [1.54, 1.807) is 0 Å². The van der Waals surface area contributed by atoms with Gasteiger partial charge < -0.3 is 0 Å². The van der Waals surface area contributed by atoms with Crippen LogP contribution in [0.25, 0.3) is 0 Å². The summed E-state index contributed by atoms with van der Waals surface area (Å²) in [5.41, 5.74) is 0. The summed E-state index contributed by atoms with van der Waals surface area (Å²) in [6.07, 6.45) is 0. The Bertz CT molecular complexity index is 76.4. The molecular weight excluding hydrogens is 171 g/mol. The first-order valence-electron chi connectivity index (χ1n) is 1.49. The van der Waals surface area contributed by atoms with Gasteiger partial charge in [0.05, 0.1) is 0 Å². The van der Waals surface area contributed by atoms with Crippen molar-refractivity contribution >= 4 is 30.7 Å². The van der Waals surface area contributed by atoms with Crippen LogP contribution in [0.1, 0.15) is 0 Å². The van der Waals surface area contributed by atoms with Crippen molar-refractivity contribution in [1.29, 1.82) is 0 Å². The van der Waals surface area contributed by atoms with Crippen LogP contribution in [0.3, 0.4) is 0 Å². The minimum absolute atomic E-state index is 0.130. The topological polar surface area (TPSA) is 55.8 Å². The summed E-state index contributed by atoms with van der Waals surface area (Å²) in [5.74, 6) is 0.130. The van der Waals surface area contributed by atoms with Crippen molar-refractivity contribution in [2.45, 2.75) is 0 Å². The second kappa shape index (κ2) is 5.81. The summed E-state index contributed by atoms with van der Waals surface area (Å²) in [6, 6.07) is 0. The van der Waals surface area contributed by atoms with E-state index in [2.05, 4.69) is 21.2 Å². The number of thiol groups is 1. The van der Waals surface area contributed by atoms with E-state index in [1.807, 2.05) is 0 Å². The van der Waals surface area contributed by atoms with Crippen molar-refractivity contribution < 1.29 is 19.0 Å². The zero-order valence-electron chi connectivity index (χ0n) is 3.68. The van der Waals surface area contributed by atoms with Crippen LogP contribution in [-0.4, -0.2) is 10.8 Å². The summed E-state index contributed by atoms with van der Waals surface area (Å²) < 4.78 is 13.4. The van der Waals surface area contributed by atoms with Gasteiger partial charge in [-0.2, -0.15) is 0 Å². The van der Waals surface area contributed by atoms with Crippen LogP contribution in [0, 0.1) is 0 Å². The molecule has 0 spiro atoms. The highest BCUT2D eigenvalue weighted by molar-refractivity contribution is 8.68. The van der Waals surface area contributed by atoms with Crippen LogP contribution in [0.2, 0.25) is 0 Å². The Morgan fingerprint density at radius 3 is 2.88 bits per heavy atom. The second-order valence-corrected chi connectivity index (χ2v) is 2.57. The van der Waals surface area contributed by atoms with Gasteiger partial charge in [-0.1, -0.05) is 10.8 Å². The fourth-order valence-corrected chi connectivity index (χ4v) is 0.523. The molecule has 0 aromatic carbocycles. The normalized spacial score (nSPS) is 11.5. The lowest BCUT2D eigenvalue weighted by molar-refractivity contribution is -0.186. The van der Waals surface area contributed by atoms with Gasteiger partial charge in [-0.3, -0.25) is 4.89 Å². The molecule has 0 saturated heterocycles. The lowest BCUT2D eigenvalue weighted by Gasteiger charge is -1.92. The van der Waals surface area contributed by atoms with E-state index in [0.29, 0.717) is 0 Å². The molecule has 4 nitrogen and oxygen atoms in total. The molecule has 0 heterocycles. The van der Waals surface area contributed by atoms with Crippen LogP contribution in [0.15, 0.2) is 0 Å². The van der Waals surface area contributed by atoms with Crippen LogP contribution in [-0.2, 0) is 14.1 Å². The summed E-state index contributed by atoms with van der Waals surface area (Å²) in [5, 5.41) is 0. The van der Waals surface area contributed by atoms with E-state index in [1.165, 1.54) is 0 Å². The smallest absolute Gasteiger partial charge is 0.297 e. The fraction of sp³-hybridized carbons (Fsp3) is 1.00. The molecule has 0 aromatic heterocycles. The van der Waals surface area contributed by atoms with E-state index in [4.69, 9.17) is 4.89 Å². The lowest BCUT2D eigenvalue weighted by Crippen LogP contribution is -1.81. The van der Waals surface area contributed by atoms with E-state index >= 15 is 0 Å². The molecule has 0 aliphatic rings. The first-order chi connectivity index (χ1) is 3.77. The molecule has 1 N–H and O–H groups in total. The SMILES string of the molecule is O=[P](O)OOCSS. The van der Waals surface area contributed by atoms with Gasteiger partial charge in [-0.25, -0.2) is 9.45 Å². The van der Waals surface area contributed by atoms with Gasteiger partial charge in [0.15, 0.2) is 0 Å². The van der Waals surface area contributed by atoms with E-state index < -0.39 is 8.25 Å². The van der Waals surface area contributed by atoms with Gasteiger partial charge in [0, 0.05) is 0 Å². The Hall–Kier alpha value is 0.680. The molecule has 8 heavy (non-hydrogen) atoms. The van der Waals surface area contributed by atoms with Crippen molar-refractivity contribution in [3.05, 3.63) is 0 Å². The summed E-state index contributed by atoms with van der Waals surface area (Å²) in [6.45, 7) is 0. The minimum atomic E-state index is -2.63. The van der Waals surface area contributed by atoms with Gasteiger partial charge in [0.1, 0.15) is 5.94 Å². The lowest BCUT2D eigenvalue weighted by atomic mass is 11.7. The molecule has 0 aliphatic carbocycles. The molecule has 1 radical (unpaired) electrons. The highest BCUT2D eigenvalue weighted by Gasteiger charge is 1.92. The quantitative estimate of drug-likeness (QED) is 0.127. The molecule has 0 rings (SSSR count). The van der Waals surface area contributed by atoms with Crippen molar-refractivity contribution in [3.63, 3.8) is 0 Å². The molecule has 0 fully saturated rings. The Balaban J connectivity index is 2.82.